The fourth-order valence-electron chi connectivity index (χ4n) is 2.87. The number of thiophene rings is 1. The van der Waals surface area contributed by atoms with Crippen molar-refractivity contribution in [2.75, 3.05) is 11.4 Å². The first-order valence-corrected chi connectivity index (χ1v) is 8.28. The van der Waals surface area contributed by atoms with Gasteiger partial charge in [0.1, 0.15) is 12.1 Å². The molecule has 0 aromatic carbocycles. The summed E-state index contributed by atoms with van der Waals surface area (Å²) in [5.41, 5.74) is 2.86. The van der Waals surface area contributed by atoms with Crippen LogP contribution >= 0.6 is 11.3 Å². The lowest BCUT2D eigenvalue weighted by atomic mass is 10.2. The molecule has 3 aromatic rings. The number of nitrogens with zero attached hydrogens (tertiary/aromatic N) is 5. The van der Waals surface area contributed by atoms with Gasteiger partial charge in [0, 0.05) is 13.1 Å². The minimum atomic E-state index is -0.532. The van der Waals surface area contributed by atoms with Crippen LogP contribution in [0.4, 0.5) is 5.82 Å². The maximum Gasteiger partial charge on any atom is 0.150 e. The molecule has 4 rings (SSSR count). The molecule has 6 nitrogen and oxygen atoms in total. The van der Waals surface area contributed by atoms with Gasteiger partial charge in [0.15, 0.2) is 0 Å². The Hall–Kier alpha value is -1.99. The summed E-state index contributed by atoms with van der Waals surface area (Å²) in [6.07, 6.45) is 2.11. The highest BCUT2D eigenvalue weighted by molar-refractivity contribution is 7.17. The van der Waals surface area contributed by atoms with Crippen molar-refractivity contribution in [3.63, 3.8) is 0 Å². The smallest absolute Gasteiger partial charge is 0.150 e. The topological polar surface area (TPSA) is 67.1 Å². The molecule has 0 unspecified atom stereocenters. The third kappa shape index (κ3) is 2.26. The van der Waals surface area contributed by atoms with Crippen molar-refractivity contribution in [2.45, 2.75) is 32.5 Å². The van der Waals surface area contributed by atoms with E-state index in [0.29, 0.717) is 0 Å². The molecule has 1 N–H and O–H groups in total. The molecule has 0 bridgehead atoms. The Bertz CT molecular complexity index is 809. The molecule has 0 saturated carbocycles. The first-order chi connectivity index (χ1) is 10.7. The van der Waals surface area contributed by atoms with Crippen LogP contribution in [0.25, 0.3) is 10.2 Å². The van der Waals surface area contributed by atoms with Gasteiger partial charge in [-0.25, -0.2) is 9.97 Å². The maximum absolute atomic E-state index is 9.73. The summed E-state index contributed by atoms with van der Waals surface area (Å²) in [5.74, 6) is 0.994. The van der Waals surface area contributed by atoms with Gasteiger partial charge in [-0.15, -0.1) is 11.3 Å². The predicted molar refractivity (Wildman–Crippen MR) is 85.9 cm³/mol. The normalized spacial score (nSPS) is 16.5. The summed E-state index contributed by atoms with van der Waals surface area (Å²) < 4.78 is 3.14. The van der Waals surface area contributed by atoms with Crippen molar-refractivity contribution in [1.29, 1.82) is 0 Å². The van der Waals surface area contributed by atoms with E-state index in [4.69, 9.17) is 0 Å². The van der Waals surface area contributed by atoms with E-state index in [-0.39, 0.29) is 0 Å². The second-order valence-electron chi connectivity index (χ2n) is 5.57. The summed E-state index contributed by atoms with van der Waals surface area (Å²) in [6, 6.07) is 4.02. The van der Waals surface area contributed by atoms with Crippen molar-refractivity contribution in [2.24, 2.45) is 0 Å². The van der Waals surface area contributed by atoms with Gasteiger partial charge in [-0.1, -0.05) is 0 Å². The van der Waals surface area contributed by atoms with Gasteiger partial charge in [0.2, 0.25) is 0 Å². The number of hydrogen-bond acceptors (Lipinski definition) is 6. The van der Waals surface area contributed by atoms with Crippen LogP contribution < -0.4 is 4.90 Å². The molecule has 1 atom stereocenters. The SMILES string of the molecule is C[C@@H](O)c1cc2n(n1)CCCN(c1ncnc3ccsc13)C2. The Kier molecular flexibility index (Phi) is 3.31. The quantitative estimate of drug-likeness (QED) is 0.786. The molecule has 0 fully saturated rings. The van der Waals surface area contributed by atoms with Gasteiger partial charge in [-0.3, -0.25) is 4.68 Å². The molecule has 3 aromatic heterocycles. The van der Waals surface area contributed by atoms with Crippen LogP contribution in [-0.2, 0) is 13.1 Å². The molecule has 0 aliphatic carbocycles. The minimum absolute atomic E-state index is 0.532. The molecule has 1 aliphatic heterocycles. The summed E-state index contributed by atoms with van der Waals surface area (Å²) in [6.45, 7) is 4.32. The number of rotatable bonds is 2. The molecule has 0 saturated heterocycles. The number of hydrogen-bond donors (Lipinski definition) is 1. The van der Waals surface area contributed by atoms with Crippen molar-refractivity contribution < 1.29 is 5.11 Å². The van der Waals surface area contributed by atoms with Crippen LogP contribution in [0.1, 0.15) is 30.8 Å². The maximum atomic E-state index is 9.73. The number of fused-ring (bicyclic) bond motifs is 2. The van der Waals surface area contributed by atoms with Gasteiger partial charge in [-0.05, 0) is 30.9 Å². The number of aryl methyl sites for hydroxylation is 1. The highest BCUT2D eigenvalue weighted by Gasteiger charge is 2.21. The monoisotopic (exact) mass is 315 g/mol. The molecule has 4 heterocycles. The molecular formula is C15H17N5OS. The molecule has 114 valence electrons. The van der Waals surface area contributed by atoms with Crippen molar-refractivity contribution in [3.05, 3.63) is 35.2 Å². The van der Waals surface area contributed by atoms with E-state index in [1.807, 2.05) is 16.8 Å². The van der Waals surface area contributed by atoms with Gasteiger partial charge >= 0.3 is 0 Å². The van der Waals surface area contributed by atoms with Crippen LogP contribution in [-0.4, -0.2) is 31.4 Å². The molecule has 0 spiro atoms. The number of anilines is 1. The largest absolute Gasteiger partial charge is 0.387 e. The summed E-state index contributed by atoms with van der Waals surface area (Å²) in [5, 5.41) is 16.3. The third-order valence-electron chi connectivity index (χ3n) is 3.98. The van der Waals surface area contributed by atoms with E-state index in [9.17, 15) is 5.11 Å². The van der Waals surface area contributed by atoms with Crippen LogP contribution in [0.15, 0.2) is 23.8 Å². The highest BCUT2D eigenvalue weighted by atomic mass is 32.1. The summed E-state index contributed by atoms with van der Waals surface area (Å²) in [4.78, 5) is 11.1. The Labute approximate surface area is 132 Å². The lowest BCUT2D eigenvalue weighted by Crippen LogP contribution is -2.23. The Balaban J connectivity index is 1.72. The molecular weight excluding hydrogens is 298 g/mol. The number of aliphatic hydroxyl groups excluding tert-OH is 1. The van der Waals surface area contributed by atoms with Crippen LogP contribution in [0.2, 0.25) is 0 Å². The van der Waals surface area contributed by atoms with E-state index in [1.54, 1.807) is 24.6 Å². The fourth-order valence-corrected chi connectivity index (χ4v) is 3.73. The first-order valence-electron chi connectivity index (χ1n) is 7.40. The zero-order valence-corrected chi connectivity index (χ0v) is 13.1. The van der Waals surface area contributed by atoms with Crippen LogP contribution in [0.3, 0.4) is 0 Å². The van der Waals surface area contributed by atoms with Gasteiger partial charge < -0.3 is 10.0 Å². The van der Waals surface area contributed by atoms with Crippen molar-refractivity contribution in [1.82, 2.24) is 19.7 Å². The number of aliphatic hydroxyl groups is 1. The Morgan fingerprint density at radius 3 is 3.09 bits per heavy atom. The molecule has 0 amide bonds. The van der Waals surface area contributed by atoms with E-state index >= 15 is 0 Å². The van der Waals surface area contributed by atoms with E-state index in [0.717, 1.165) is 53.5 Å². The second kappa shape index (κ2) is 5.33. The zero-order valence-electron chi connectivity index (χ0n) is 12.3. The average molecular weight is 315 g/mol. The number of aromatic nitrogens is 4. The molecule has 22 heavy (non-hydrogen) atoms. The lowest BCUT2D eigenvalue weighted by Gasteiger charge is -2.21. The van der Waals surface area contributed by atoms with Crippen molar-refractivity contribution in [3.8, 4) is 0 Å². The Morgan fingerprint density at radius 1 is 1.32 bits per heavy atom. The second-order valence-corrected chi connectivity index (χ2v) is 6.48. The molecule has 0 radical (unpaired) electrons. The van der Waals surface area contributed by atoms with Gasteiger partial charge in [0.25, 0.3) is 0 Å². The van der Waals surface area contributed by atoms with Gasteiger partial charge in [-0.2, -0.15) is 5.10 Å². The summed E-state index contributed by atoms with van der Waals surface area (Å²) >= 11 is 1.68. The van der Waals surface area contributed by atoms with E-state index < -0.39 is 6.10 Å². The third-order valence-corrected chi connectivity index (χ3v) is 4.88. The lowest BCUT2D eigenvalue weighted by molar-refractivity contribution is 0.193. The zero-order chi connectivity index (χ0) is 15.1. The minimum Gasteiger partial charge on any atom is -0.387 e. The molecule has 7 heteroatoms. The first kappa shape index (κ1) is 13.7. The fraction of sp³-hybridized carbons (Fsp3) is 0.400. The van der Waals surface area contributed by atoms with Crippen LogP contribution in [0, 0.1) is 0 Å². The van der Waals surface area contributed by atoms with Gasteiger partial charge in [0.05, 0.1) is 34.3 Å². The van der Waals surface area contributed by atoms with Crippen molar-refractivity contribution >= 4 is 27.4 Å². The Morgan fingerprint density at radius 2 is 2.23 bits per heavy atom. The standard InChI is InChI=1S/C15H17N5OS/c1-10(21)13-7-11-8-19(4-2-5-20(11)18-13)15-14-12(3-6-22-14)16-9-17-15/h3,6-7,9-10,21H,2,4-5,8H2,1H3/t10-/m1/s1. The highest BCUT2D eigenvalue weighted by Crippen LogP contribution is 2.30. The van der Waals surface area contributed by atoms with Crippen LogP contribution in [0.5, 0.6) is 0 Å². The van der Waals surface area contributed by atoms with E-state index in [2.05, 4.69) is 25.3 Å². The predicted octanol–water partition coefficient (Wildman–Crippen LogP) is 2.35. The van der Waals surface area contributed by atoms with E-state index in [1.165, 1.54) is 0 Å². The average Bonchev–Trinajstić information content (AvgIpc) is 3.09. The molecule has 1 aliphatic rings. The summed E-state index contributed by atoms with van der Waals surface area (Å²) in [7, 11) is 0.